The lowest BCUT2D eigenvalue weighted by Crippen LogP contribution is -2.48. The molecule has 30 heavy (non-hydrogen) atoms. The number of hydrogen-bond acceptors (Lipinski definition) is 5. The fraction of sp³-hybridized carbons (Fsp3) is 0.773. The molecule has 1 aliphatic heterocycles. The predicted octanol–water partition coefficient (Wildman–Crippen LogP) is 2.64. The molecule has 0 aromatic carbocycles. The molecule has 3 rings (SSSR count). The molecular weight excluding hydrogens is 495 g/mol. The molecule has 1 saturated carbocycles. The second kappa shape index (κ2) is 13.5. The van der Waals surface area contributed by atoms with Crippen LogP contribution in [0.5, 0.6) is 0 Å². The Balaban J connectivity index is 0.00000320. The third kappa shape index (κ3) is 9.53. The molecule has 0 spiro atoms. The van der Waals surface area contributed by atoms with E-state index in [1.165, 1.54) is 32.1 Å². The molecule has 1 aromatic heterocycles. The van der Waals surface area contributed by atoms with Gasteiger partial charge in [-0.2, -0.15) is 0 Å². The van der Waals surface area contributed by atoms with E-state index in [1.54, 1.807) is 6.26 Å². The molecule has 0 bridgehead atoms. The van der Waals surface area contributed by atoms with Crippen LogP contribution in [0.2, 0.25) is 0 Å². The van der Waals surface area contributed by atoms with Gasteiger partial charge >= 0.3 is 0 Å². The zero-order valence-corrected chi connectivity index (χ0v) is 20.6. The number of ether oxygens (including phenoxy) is 1. The van der Waals surface area contributed by atoms with Crippen LogP contribution in [0, 0.1) is 5.92 Å². The number of hydrogen-bond donors (Lipinski definition) is 3. The smallest absolute Gasteiger partial charge is 0.191 e. The van der Waals surface area contributed by atoms with Gasteiger partial charge in [-0.25, -0.2) is 0 Å². The molecule has 172 valence electrons. The van der Waals surface area contributed by atoms with Crippen LogP contribution in [-0.2, 0) is 11.2 Å². The predicted molar refractivity (Wildman–Crippen MR) is 131 cm³/mol. The lowest BCUT2D eigenvalue weighted by molar-refractivity contribution is -0.0180. The second-order valence-corrected chi connectivity index (χ2v) is 8.69. The van der Waals surface area contributed by atoms with Crippen molar-refractivity contribution < 1.29 is 14.3 Å². The molecule has 2 heterocycles. The molecule has 2 fully saturated rings. The highest BCUT2D eigenvalue weighted by Gasteiger charge is 2.25. The Hall–Kier alpha value is -0.840. The third-order valence-electron chi connectivity index (χ3n) is 5.77. The van der Waals surface area contributed by atoms with Crippen LogP contribution in [0.15, 0.2) is 27.8 Å². The van der Waals surface area contributed by atoms with E-state index in [1.807, 2.05) is 19.1 Å². The number of aliphatic hydroxyl groups is 1. The summed E-state index contributed by atoms with van der Waals surface area (Å²) < 4.78 is 10.8. The maximum atomic E-state index is 10.8. The number of β-amino-alcohol motifs (C(OH)–C–C–N with tert-alkyl or cyclic N) is 1. The first-order valence-electron chi connectivity index (χ1n) is 11.2. The van der Waals surface area contributed by atoms with Gasteiger partial charge in [-0.15, -0.1) is 24.0 Å². The zero-order chi connectivity index (χ0) is 20.4. The summed E-state index contributed by atoms with van der Waals surface area (Å²) in [6.07, 6.45) is 9.12. The minimum atomic E-state index is -0.863. The number of guanidine groups is 1. The van der Waals surface area contributed by atoms with Gasteiger partial charge < -0.3 is 24.9 Å². The van der Waals surface area contributed by atoms with E-state index in [2.05, 4.69) is 15.5 Å². The van der Waals surface area contributed by atoms with E-state index in [9.17, 15) is 5.11 Å². The number of furan rings is 1. The summed E-state index contributed by atoms with van der Waals surface area (Å²) in [5, 5.41) is 17.8. The van der Waals surface area contributed by atoms with Crippen LogP contribution in [0.25, 0.3) is 0 Å². The highest BCUT2D eigenvalue weighted by molar-refractivity contribution is 14.0. The Bertz CT molecular complexity index is 598. The van der Waals surface area contributed by atoms with Crippen LogP contribution in [0.4, 0.5) is 0 Å². The quantitative estimate of drug-likeness (QED) is 0.257. The average Bonchev–Trinajstić information content (AvgIpc) is 3.24. The number of rotatable bonds is 9. The van der Waals surface area contributed by atoms with Crippen molar-refractivity contribution in [2.75, 3.05) is 52.5 Å². The van der Waals surface area contributed by atoms with Gasteiger partial charge in [0.05, 0.1) is 31.6 Å². The van der Waals surface area contributed by atoms with Gasteiger partial charge in [0.15, 0.2) is 5.96 Å². The third-order valence-corrected chi connectivity index (χ3v) is 5.77. The summed E-state index contributed by atoms with van der Waals surface area (Å²) in [6.45, 7) is 7.75. The number of aliphatic imine (C=N–C) groups is 1. The van der Waals surface area contributed by atoms with Crippen molar-refractivity contribution in [3.8, 4) is 0 Å². The van der Waals surface area contributed by atoms with Gasteiger partial charge in [0.2, 0.25) is 0 Å². The van der Waals surface area contributed by atoms with Gasteiger partial charge in [0.25, 0.3) is 0 Å². The van der Waals surface area contributed by atoms with E-state index < -0.39 is 5.60 Å². The molecule has 1 unspecified atom stereocenters. The van der Waals surface area contributed by atoms with Crippen molar-refractivity contribution in [3.05, 3.63) is 24.2 Å². The summed E-state index contributed by atoms with van der Waals surface area (Å²) in [7, 11) is 0. The number of nitrogens with zero attached hydrogens (tertiary/aromatic N) is 2. The van der Waals surface area contributed by atoms with E-state index in [4.69, 9.17) is 14.1 Å². The minimum absolute atomic E-state index is 0. The van der Waals surface area contributed by atoms with Crippen molar-refractivity contribution in [3.63, 3.8) is 0 Å². The Labute approximate surface area is 198 Å². The topological polar surface area (TPSA) is 82.3 Å². The van der Waals surface area contributed by atoms with Crippen LogP contribution in [0.1, 0.15) is 44.8 Å². The van der Waals surface area contributed by atoms with Crippen LogP contribution in [-0.4, -0.2) is 74.0 Å². The summed E-state index contributed by atoms with van der Waals surface area (Å²) in [6, 6.07) is 3.90. The molecule has 8 heteroatoms. The van der Waals surface area contributed by atoms with Crippen molar-refractivity contribution in [1.29, 1.82) is 0 Å². The standard InChI is InChI=1S/C22H38N4O3.HI/c1-22(27,18-26-11-14-28-15-12-26)17-25-21(23-10-9-20-8-5-13-29-20)24-16-19-6-3-2-4-7-19;/h5,8,13,19,27H,2-4,6-7,9-12,14-18H2,1H3,(H2,23,24,25);1H. The zero-order valence-electron chi connectivity index (χ0n) is 18.3. The fourth-order valence-electron chi connectivity index (χ4n) is 4.11. The second-order valence-electron chi connectivity index (χ2n) is 8.69. The number of nitrogens with one attached hydrogen (secondary N) is 2. The molecular formula is C22H39IN4O3. The molecule has 7 nitrogen and oxygen atoms in total. The Morgan fingerprint density at radius 3 is 2.70 bits per heavy atom. The van der Waals surface area contributed by atoms with E-state index in [0.717, 1.165) is 63.5 Å². The largest absolute Gasteiger partial charge is 0.469 e. The minimum Gasteiger partial charge on any atom is -0.469 e. The monoisotopic (exact) mass is 534 g/mol. The van der Waals surface area contributed by atoms with Crippen molar-refractivity contribution in [2.24, 2.45) is 10.9 Å². The molecule has 1 aromatic rings. The maximum Gasteiger partial charge on any atom is 0.191 e. The lowest BCUT2D eigenvalue weighted by atomic mass is 9.89. The first kappa shape index (κ1) is 25.4. The van der Waals surface area contributed by atoms with Crippen molar-refractivity contribution in [1.82, 2.24) is 15.5 Å². The first-order chi connectivity index (χ1) is 14.1. The van der Waals surface area contributed by atoms with Crippen LogP contribution < -0.4 is 10.6 Å². The number of halogens is 1. The van der Waals surface area contributed by atoms with E-state index in [-0.39, 0.29) is 24.0 Å². The van der Waals surface area contributed by atoms with Gasteiger partial charge in [0.1, 0.15) is 5.76 Å². The van der Waals surface area contributed by atoms with Gasteiger partial charge in [-0.1, -0.05) is 19.3 Å². The molecule has 2 aliphatic rings. The molecule has 3 N–H and O–H groups in total. The highest BCUT2D eigenvalue weighted by atomic mass is 127. The first-order valence-corrected chi connectivity index (χ1v) is 11.2. The average molecular weight is 534 g/mol. The summed E-state index contributed by atoms with van der Waals surface area (Å²) >= 11 is 0. The van der Waals surface area contributed by atoms with Crippen molar-refractivity contribution in [2.45, 2.75) is 51.0 Å². The molecule has 0 radical (unpaired) electrons. The van der Waals surface area contributed by atoms with Crippen molar-refractivity contribution >= 4 is 29.9 Å². The van der Waals surface area contributed by atoms with Crippen LogP contribution in [0.3, 0.4) is 0 Å². The maximum absolute atomic E-state index is 10.8. The molecule has 1 saturated heterocycles. The molecule has 0 amide bonds. The number of morpholine rings is 1. The van der Waals surface area contributed by atoms with Gasteiger partial charge in [-0.3, -0.25) is 9.89 Å². The van der Waals surface area contributed by atoms with E-state index >= 15 is 0 Å². The van der Waals surface area contributed by atoms with Gasteiger partial charge in [0, 0.05) is 39.1 Å². The Morgan fingerprint density at radius 2 is 2.00 bits per heavy atom. The highest BCUT2D eigenvalue weighted by Crippen LogP contribution is 2.22. The van der Waals surface area contributed by atoms with E-state index in [0.29, 0.717) is 13.1 Å². The van der Waals surface area contributed by atoms with Gasteiger partial charge in [-0.05, 0) is 37.8 Å². The summed E-state index contributed by atoms with van der Waals surface area (Å²) in [5.74, 6) is 2.46. The molecule has 1 atom stereocenters. The lowest BCUT2D eigenvalue weighted by Gasteiger charge is -2.33. The normalized spacial score (nSPS) is 20.9. The summed E-state index contributed by atoms with van der Waals surface area (Å²) in [5.41, 5.74) is -0.863. The Kier molecular flexibility index (Phi) is 11.5. The SMILES string of the molecule is CC(O)(CN=C(NCCc1ccco1)NCC1CCCCC1)CN1CCOCC1.I. The summed E-state index contributed by atoms with van der Waals surface area (Å²) in [4.78, 5) is 6.97. The van der Waals surface area contributed by atoms with Crippen LogP contribution >= 0.6 is 24.0 Å². The fourth-order valence-corrected chi connectivity index (χ4v) is 4.11. The molecule has 1 aliphatic carbocycles. The Morgan fingerprint density at radius 1 is 1.23 bits per heavy atom.